The molecule has 0 spiro atoms. The summed E-state index contributed by atoms with van der Waals surface area (Å²) in [6.07, 6.45) is 1.07. The summed E-state index contributed by atoms with van der Waals surface area (Å²) in [5.41, 5.74) is 9.05. The molecule has 12 nitrogen and oxygen atoms in total. The number of hydrogen-bond acceptors (Lipinski definition) is 9. The van der Waals surface area contributed by atoms with Gasteiger partial charge >= 0.3 is 5.97 Å². The largest absolute Gasteiger partial charge is 0.483 e. The van der Waals surface area contributed by atoms with Crippen LogP contribution in [0.1, 0.15) is 68.1 Å². The third-order valence-electron chi connectivity index (χ3n) is 20.2. The van der Waals surface area contributed by atoms with E-state index in [4.69, 9.17) is 23.7 Å². The molecule has 0 aromatic heterocycles. The maximum atomic E-state index is 14.4. The van der Waals surface area contributed by atoms with Gasteiger partial charge in [-0.25, -0.2) is 4.79 Å². The van der Waals surface area contributed by atoms with Crippen LogP contribution in [0.25, 0.3) is 97.0 Å². The van der Waals surface area contributed by atoms with Crippen LogP contribution in [0.15, 0.2) is 237 Å². The molecule has 1 aliphatic carbocycles. The van der Waals surface area contributed by atoms with Crippen LogP contribution in [0.4, 0.5) is 0 Å². The number of rotatable bonds is 19. The van der Waals surface area contributed by atoms with E-state index < -0.39 is 5.97 Å². The fraction of sp³-hybridized carbons (Fsp3) is 0.146. The van der Waals surface area contributed by atoms with Gasteiger partial charge in [-0.05, 0) is 165 Å². The van der Waals surface area contributed by atoms with Gasteiger partial charge in [-0.2, -0.15) is 0 Å². The molecule has 1 aliphatic rings. The first-order valence-electron chi connectivity index (χ1n) is 34.5. The Morgan fingerprint density at radius 2 is 0.505 bits per heavy atom. The summed E-state index contributed by atoms with van der Waals surface area (Å²) in [6.45, 7) is 1.54. The molecule has 0 saturated carbocycles. The molecule has 12 heteroatoms. The zero-order valence-electron chi connectivity index (χ0n) is 55.7. The Kier molecular flexibility index (Phi) is 16.3. The third-order valence-corrected chi connectivity index (χ3v) is 20.2. The molecule has 101 heavy (non-hydrogen) atoms. The molecule has 0 fully saturated rings. The summed E-state index contributed by atoms with van der Waals surface area (Å²) in [5.74, 6) is 0.545. The molecule has 3 N–H and O–H groups in total. The number of esters is 1. The zero-order chi connectivity index (χ0) is 68.1. The molecule has 16 aromatic rings. The molecule has 0 heterocycles. The number of nitrogens with one attached hydrogen (secondary N) is 3. The first-order valence-corrected chi connectivity index (χ1v) is 34.5. The van der Waals surface area contributed by atoms with Crippen LogP contribution < -0.4 is 34.9 Å². The summed E-state index contributed by atoms with van der Waals surface area (Å²) < 4.78 is 32.6. The highest BCUT2D eigenvalue weighted by molar-refractivity contribution is 6.26. The molecule has 0 saturated heterocycles. The minimum Gasteiger partial charge on any atom is -0.483 e. The Morgan fingerprint density at radius 3 is 0.772 bits per heavy atom. The molecular weight excluding hydrogens is 1250 g/mol. The number of fused-ring (bicyclic) bond motifs is 8. The van der Waals surface area contributed by atoms with Crippen LogP contribution in [0.2, 0.25) is 0 Å². The smallest absolute Gasteiger partial charge is 0.344 e. The third kappa shape index (κ3) is 11.9. The lowest BCUT2D eigenvalue weighted by Gasteiger charge is -2.22. The standard InChI is InChI=1S/C89H69N3O9/c1-2-97-79(96)52-101-89-68-22-9-23-69(89)45-67-21-8-19-65(88(67)100-51-78(95)92-48-72-35-32-61-29-26-55-12-5-15-58-38-41-75(72)85(61)82(55)58)43-63-17-6-16-62(86(63)98-49-76(93)90-46-70-33-30-59-27-24-53-10-3-13-56-36-39-73(70)83(59)80(53)56)42-64-18-7-20-66(44-68)87(64)99-50-77(94)91-47-71-34-31-60-28-25-54-11-4-14-57-37-40-74(71)84(60)81(54)57/h3-41H,2,42-52H2,1H3,(H,90,93)(H,91,94)(H,92,95). The normalized spacial score (nSPS) is 12.3. The average molecular weight is 1320 g/mol. The van der Waals surface area contributed by atoms with Crippen molar-refractivity contribution in [2.45, 2.75) is 52.2 Å². The maximum absolute atomic E-state index is 14.4. The first-order chi connectivity index (χ1) is 49.6. The number of carbonyl (C=O) groups excluding carboxylic acids is 4. The Bertz CT molecular complexity index is 5630. The van der Waals surface area contributed by atoms with Crippen molar-refractivity contribution >= 4 is 121 Å². The number of ether oxygens (including phenoxy) is 5. The number of hydrogen-bond donors (Lipinski definition) is 3. The van der Waals surface area contributed by atoms with Gasteiger partial charge in [0.05, 0.1) is 6.61 Å². The van der Waals surface area contributed by atoms with Crippen molar-refractivity contribution in [3.05, 3.63) is 298 Å². The molecule has 8 bridgehead atoms. The van der Waals surface area contributed by atoms with E-state index in [0.717, 1.165) is 93.5 Å². The molecule has 0 atom stereocenters. The Morgan fingerprint density at radius 1 is 0.277 bits per heavy atom. The van der Waals surface area contributed by atoms with Crippen LogP contribution in [0.5, 0.6) is 23.0 Å². The molecular formula is C89H69N3O9. The predicted molar refractivity (Wildman–Crippen MR) is 402 cm³/mol. The highest BCUT2D eigenvalue weighted by Gasteiger charge is 2.25. The van der Waals surface area contributed by atoms with Crippen molar-refractivity contribution in [2.24, 2.45) is 0 Å². The van der Waals surface area contributed by atoms with E-state index in [1.165, 1.54) is 64.6 Å². The van der Waals surface area contributed by atoms with Gasteiger partial charge in [0, 0.05) is 45.3 Å². The van der Waals surface area contributed by atoms with Crippen LogP contribution in [0.3, 0.4) is 0 Å². The second-order valence-corrected chi connectivity index (χ2v) is 26.4. The van der Waals surface area contributed by atoms with Gasteiger partial charge in [0.15, 0.2) is 26.4 Å². The topological polar surface area (TPSA) is 151 Å². The highest BCUT2D eigenvalue weighted by atomic mass is 16.6. The van der Waals surface area contributed by atoms with Gasteiger partial charge in [0.2, 0.25) is 0 Å². The minimum atomic E-state index is -0.519. The van der Waals surface area contributed by atoms with Gasteiger partial charge in [0.1, 0.15) is 23.0 Å². The van der Waals surface area contributed by atoms with Gasteiger partial charge in [-0.15, -0.1) is 0 Å². The second-order valence-electron chi connectivity index (χ2n) is 26.4. The molecule has 0 aliphatic heterocycles. The SMILES string of the molecule is CCOC(=O)COc1c2cccc1Cc1cccc(c1OCC(=O)NCc1ccc3ccc4cccc5ccc1c3c45)Cc1cccc(c1OCC(=O)NCc1ccc3ccc4cccc5ccc1c3c45)Cc1cccc(c1OCC(=O)NCc1ccc3ccc4cccc5ccc1c3c45)C2. The molecule has 17 rings (SSSR count). The zero-order valence-corrected chi connectivity index (χ0v) is 55.7. The molecule has 0 radical (unpaired) electrons. The lowest BCUT2D eigenvalue weighted by Crippen LogP contribution is -2.29. The van der Waals surface area contributed by atoms with Crippen molar-refractivity contribution in [3.8, 4) is 23.0 Å². The first kappa shape index (κ1) is 62.3. The molecule has 494 valence electrons. The molecule has 3 amide bonds. The summed E-state index contributed by atoms with van der Waals surface area (Å²) >= 11 is 0. The average Bonchev–Trinajstić information content (AvgIpc) is 0.754. The number of benzene rings is 16. The van der Waals surface area contributed by atoms with Crippen molar-refractivity contribution in [2.75, 3.05) is 33.0 Å². The van der Waals surface area contributed by atoms with Gasteiger partial charge in [-0.3, -0.25) is 14.4 Å². The number of amides is 3. The Labute approximate surface area is 582 Å². The van der Waals surface area contributed by atoms with Gasteiger partial charge in [0.25, 0.3) is 17.7 Å². The van der Waals surface area contributed by atoms with Gasteiger partial charge < -0.3 is 39.6 Å². The molecule has 16 aromatic carbocycles. The lowest BCUT2D eigenvalue weighted by atomic mass is 9.91. The lowest BCUT2D eigenvalue weighted by molar-refractivity contribution is -0.145. The summed E-state index contributed by atoms with van der Waals surface area (Å²) in [6, 6.07) is 81.2. The van der Waals surface area contributed by atoms with E-state index in [0.29, 0.717) is 23.0 Å². The van der Waals surface area contributed by atoms with Crippen LogP contribution in [-0.4, -0.2) is 56.7 Å². The van der Waals surface area contributed by atoms with E-state index in [2.05, 4.69) is 180 Å². The Hall–Kier alpha value is -12.3. The van der Waals surface area contributed by atoms with Gasteiger partial charge in [-0.1, -0.05) is 237 Å². The maximum Gasteiger partial charge on any atom is 0.344 e. The predicted octanol–water partition coefficient (Wildman–Crippen LogP) is 17.1. The van der Waals surface area contributed by atoms with E-state index in [1.54, 1.807) is 6.92 Å². The van der Waals surface area contributed by atoms with Crippen LogP contribution in [0, 0.1) is 0 Å². The number of para-hydroxylation sites is 4. The number of carbonyl (C=O) groups is 4. The van der Waals surface area contributed by atoms with E-state index in [1.807, 2.05) is 72.8 Å². The summed E-state index contributed by atoms with van der Waals surface area (Å²) in [5, 5.41) is 30.3. The monoisotopic (exact) mass is 1320 g/mol. The fourth-order valence-corrected chi connectivity index (χ4v) is 15.6. The van der Waals surface area contributed by atoms with Crippen molar-refractivity contribution in [3.63, 3.8) is 0 Å². The van der Waals surface area contributed by atoms with Crippen LogP contribution >= 0.6 is 0 Å². The van der Waals surface area contributed by atoms with Crippen molar-refractivity contribution in [1.82, 2.24) is 16.0 Å². The quantitative estimate of drug-likeness (QED) is 0.0531. The van der Waals surface area contributed by atoms with Crippen molar-refractivity contribution < 1.29 is 42.9 Å². The van der Waals surface area contributed by atoms with E-state index >= 15 is 0 Å². The fourth-order valence-electron chi connectivity index (χ4n) is 15.6. The second kappa shape index (κ2) is 26.5. The highest BCUT2D eigenvalue weighted by Crippen LogP contribution is 2.43. The Balaban J connectivity index is 0.706. The van der Waals surface area contributed by atoms with Crippen LogP contribution in [-0.2, 0) is 69.2 Å². The summed E-state index contributed by atoms with van der Waals surface area (Å²) in [4.78, 5) is 56.3. The van der Waals surface area contributed by atoms with E-state index in [9.17, 15) is 19.2 Å². The summed E-state index contributed by atoms with van der Waals surface area (Å²) in [7, 11) is 0. The minimum absolute atomic E-state index is 0.182. The van der Waals surface area contributed by atoms with Crippen molar-refractivity contribution in [1.29, 1.82) is 0 Å². The molecule has 0 unspecified atom stereocenters. The van der Waals surface area contributed by atoms with E-state index in [-0.39, 0.29) is 96.1 Å².